The lowest BCUT2D eigenvalue weighted by Crippen LogP contribution is -2.13. The fourth-order valence-electron chi connectivity index (χ4n) is 3.46. The van der Waals surface area contributed by atoms with Crippen LogP contribution in [0.3, 0.4) is 0 Å². The number of anilines is 1. The second-order valence-corrected chi connectivity index (χ2v) is 9.05. The summed E-state index contributed by atoms with van der Waals surface area (Å²) in [6.07, 6.45) is 7.55. The van der Waals surface area contributed by atoms with Crippen LogP contribution in [0.5, 0.6) is 0 Å². The normalized spacial score (nSPS) is 14.9. The Bertz CT molecular complexity index is 929. The quantitative estimate of drug-likeness (QED) is 0.566. The van der Waals surface area contributed by atoms with Crippen LogP contribution < -0.4 is 5.32 Å². The van der Waals surface area contributed by atoms with Crippen molar-refractivity contribution in [2.75, 3.05) is 11.1 Å². The van der Waals surface area contributed by atoms with Crippen molar-refractivity contribution in [3.8, 4) is 0 Å². The number of carbonyl (C=O) groups is 1. The van der Waals surface area contributed by atoms with E-state index >= 15 is 0 Å². The minimum absolute atomic E-state index is 0.0897. The van der Waals surface area contributed by atoms with Gasteiger partial charge in [-0.3, -0.25) is 9.89 Å². The molecule has 0 saturated heterocycles. The lowest BCUT2D eigenvalue weighted by atomic mass is 10.0. The van der Waals surface area contributed by atoms with Gasteiger partial charge in [0.25, 0.3) is 0 Å². The molecule has 1 fully saturated rings. The number of fused-ring (bicyclic) bond motifs is 1. The standard InChI is InChI=1S/C19H23N5OS2/c1-12-6-8-14-15(10-12)27-18(20-14)22-17(25)11-26-19-21-16(23-24-19)9-7-13-4-2-3-5-13/h6,8,10,13H,2-5,7,9,11H2,1H3,(H,20,22,25)(H,21,23,24). The van der Waals surface area contributed by atoms with Crippen LogP contribution in [0.1, 0.15) is 43.5 Å². The number of hydrogen-bond acceptors (Lipinski definition) is 6. The largest absolute Gasteiger partial charge is 0.301 e. The summed E-state index contributed by atoms with van der Waals surface area (Å²) in [7, 11) is 0. The zero-order chi connectivity index (χ0) is 18.6. The number of carbonyl (C=O) groups excluding carboxylic acids is 1. The smallest absolute Gasteiger partial charge is 0.236 e. The van der Waals surface area contributed by atoms with Gasteiger partial charge in [-0.1, -0.05) is 54.8 Å². The molecule has 1 aliphatic rings. The molecule has 1 amide bonds. The molecule has 0 unspecified atom stereocenters. The molecule has 0 aliphatic heterocycles. The van der Waals surface area contributed by atoms with Crippen molar-refractivity contribution in [2.24, 2.45) is 5.92 Å². The number of aromatic nitrogens is 4. The molecule has 1 aromatic carbocycles. The van der Waals surface area contributed by atoms with Crippen molar-refractivity contribution in [3.05, 3.63) is 29.6 Å². The number of nitrogens with zero attached hydrogens (tertiary/aromatic N) is 3. The Morgan fingerprint density at radius 2 is 2.19 bits per heavy atom. The van der Waals surface area contributed by atoms with Gasteiger partial charge >= 0.3 is 0 Å². The van der Waals surface area contributed by atoms with Crippen LogP contribution in [0.25, 0.3) is 10.2 Å². The Hall–Kier alpha value is -1.93. The highest BCUT2D eigenvalue weighted by Crippen LogP contribution is 2.29. The van der Waals surface area contributed by atoms with Gasteiger partial charge in [-0.25, -0.2) is 9.97 Å². The predicted octanol–water partition coefficient (Wildman–Crippen LogP) is 4.58. The first kappa shape index (κ1) is 18.4. The van der Waals surface area contributed by atoms with E-state index < -0.39 is 0 Å². The zero-order valence-electron chi connectivity index (χ0n) is 15.3. The highest BCUT2D eigenvalue weighted by atomic mass is 32.2. The van der Waals surface area contributed by atoms with Crippen LogP contribution in [0.2, 0.25) is 0 Å². The number of thiazole rings is 1. The number of amides is 1. The van der Waals surface area contributed by atoms with Gasteiger partial charge in [0.15, 0.2) is 5.13 Å². The highest BCUT2D eigenvalue weighted by Gasteiger charge is 2.16. The third kappa shape index (κ3) is 4.87. The topological polar surface area (TPSA) is 83.6 Å². The molecule has 1 aliphatic carbocycles. The maximum atomic E-state index is 12.2. The van der Waals surface area contributed by atoms with Crippen LogP contribution in [0.15, 0.2) is 23.4 Å². The van der Waals surface area contributed by atoms with Crippen molar-refractivity contribution in [2.45, 2.75) is 50.6 Å². The van der Waals surface area contributed by atoms with Gasteiger partial charge in [0.1, 0.15) is 5.82 Å². The Balaban J connectivity index is 1.26. The number of benzene rings is 1. The molecule has 0 spiro atoms. The third-order valence-corrected chi connectivity index (χ3v) is 6.68. The Morgan fingerprint density at radius 3 is 3.04 bits per heavy atom. The van der Waals surface area contributed by atoms with E-state index in [1.807, 2.05) is 19.1 Å². The van der Waals surface area contributed by atoms with Crippen LogP contribution in [-0.2, 0) is 11.2 Å². The van der Waals surface area contributed by atoms with Crippen molar-refractivity contribution < 1.29 is 4.79 Å². The minimum Gasteiger partial charge on any atom is -0.301 e. The fourth-order valence-corrected chi connectivity index (χ4v) is 5.06. The second kappa shape index (κ2) is 8.39. The van der Waals surface area contributed by atoms with Crippen LogP contribution in [-0.4, -0.2) is 31.8 Å². The Morgan fingerprint density at radius 1 is 1.33 bits per heavy atom. The molecule has 0 radical (unpaired) electrons. The van der Waals surface area contributed by atoms with Gasteiger partial charge in [-0.2, -0.15) is 0 Å². The summed E-state index contributed by atoms with van der Waals surface area (Å²) in [5.74, 6) is 1.95. The van der Waals surface area contributed by atoms with Crippen molar-refractivity contribution in [1.29, 1.82) is 0 Å². The van der Waals surface area contributed by atoms with Gasteiger partial charge < -0.3 is 5.32 Å². The maximum absolute atomic E-state index is 12.2. The van der Waals surface area contributed by atoms with Crippen molar-refractivity contribution in [1.82, 2.24) is 20.2 Å². The minimum atomic E-state index is -0.0897. The number of thioether (sulfide) groups is 1. The summed E-state index contributed by atoms with van der Waals surface area (Å²) in [5, 5.41) is 11.4. The van der Waals surface area contributed by atoms with Crippen LogP contribution >= 0.6 is 23.1 Å². The summed E-state index contributed by atoms with van der Waals surface area (Å²) < 4.78 is 1.08. The third-order valence-electron chi connectivity index (χ3n) is 4.90. The van der Waals surface area contributed by atoms with E-state index in [1.165, 1.54) is 60.8 Å². The van der Waals surface area contributed by atoms with Gasteiger partial charge in [0, 0.05) is 6.42 Å². The molecule has 4 rings (SSSR count). The number of aryl methyl sites for hydroxylation is 2. The predicted molar refractivity (Wildman–Crippen MR) is 110 cm³/mol. The summed E-state index contributed by atoms with van der Waals surface area (Å²) in [6.45, 7) is 2.05. The first-order valence-electron chi connectivity index (χ1n) is 9.37. The molecule has 2 aromatic heterocycles. The first-order chi connectivity index (χ1) is 13.2. The van der Waals surface area contributed by atoms with Gasteiger partial charge in [0.05, 0.1) is 16.0 Å². The van der Waals surface area contributed by atoms with Gasteiger partial charge in [0.2, 0.25) is 11.1 Å². The number of H-pyrrole nitrogens is 1. The molecule has 0 atom stereocenters. The first-order valence-corrected chi connectivity index (χ1v) is 11.2. The fraction of sp³-hybridized carbons (Fsp3) is 0.474. The molecule has 1 saturated carbocycles. The SMILES string of the molecule is Cc1ccc2nc(NC(=O)CSc3n[nH]c(CCC4CCCC4)n3)sc2c1. The summed E-state index contributed by atoms with van der Waals surface area (Å²) >= 11 is 2.84. The Kier molecular flexibility index (Phi) is 5.73. The molecule has 3 aromatic rings. The molecule has 2 heterocycles. The molecule has 0 bridgehead atoms. The summed E-state index contributed by atoms with van der Waals surface area (Å²) in [5.41, 5.74) is 2.10. The number of rotatable bonds is 7. The highest BCUT2D eigenvalue weighted by molar-refractivity contribution is 7.99. The van der Waals surface area contributed by atoms with Gasteiger partial charge in [-0.15, -0.1) is 5.10 Å². The van der Waals surface area contributed by atoms with Gasteiger partial charge in [-0.05, 0) is 37.0 Å². The van der Waals surface area contributed by atoms with E-state index in [9.17, 15) is 4.79 Å². The molecule has 27 heavy (non-hydrogen) atoms. The molecule has 142 valence electrons. The molecular weight excluding hydrogens is 378 g/mol. The zero-order valence-corrected chi connectivity index (χ0v) is 17.0. The average Bonchev–Trinajstić information content (AvgIpc) is 3.38. The van der Waals surface area contributed by atoms with Crippen molar-refractivity contribution in [3.63, 3.8) is 0 Å². The molecule has 2 N–H and O–H groups in total. The maximum Gasteiger partial charge on any atom is 0.236 e. The number of hydrogen-bond donors (Lipinski definition) is 2. The number of aromatic amines is 1. The van der Waals surface area contributed by atoms with Crippen LogP contribution in [0, 0.1) is 12.8 Å². The number of nitrogens with one attached hydrogen (secondary N) is 2. The van der Waals surface area contributed by atoms with E-state index in [1.54, 1.807) is 0 Å². The Labute approximate surface area is 166 Å². The second-order valence-electron chi connectivity index (χ2n) is 7.08. The van der Waals surface area contributed by atoms with E-state index in [2.05, 4.69) is 31.5 Å². The molecule has 6 nitrogen and oxygen atoms in total. The molecular formula is C19H23N5OS2. The summed E-state index contributed by atoms with van der Waals surface area (Å²) in [4.78, 5) is 21.2. The lowest BCUT2D eigenvalue weighted by Gasteiger charge is -2.05. The lowest BCUT2D eigenvalue weighted by molar-refractivity contribution is -0.113. The van der Waals surface area contributed by atoms with E-state index in [0.29, 0.717) is 10.3 Å². The summed E-state index contributed by atoms with van der Waals surface area (Å²) in [6, 6.07) is 6.08. The van der Waals surface area contributed by atoms with E-state index in [0.717, 1.165) is 28.4 Å². The van der Waals surface area contributed by atoms with E-state index in [-0.39, 0.29) is 11.7 Å². The monoisotopic (exact) mass is 401 g/mol. The average molecular weight is 402 g/mol. The van der Waals surface area contributed by atoms with E-state index in [4.69, 9.17) is 0 Å². The molecule has 8 heteroatoms. The van der Waals surface area contributed by atoms with Crippen molar-refractivity contribution >= 4 is 44.4 Å². The van der Waals surface area contributed by atoms with Crippen LogP contribution in [0.4, 0.5) is 5.13 Å².